The molecule has 2 atom stereocenters. The summed E-state index contributed by atoms with van der Waals surface area (Å²) in [4.78, 5) is 11.6. The fourth-order valence-corrected chi connectivity index (χ4v) is 2.02. The second kappa shape index (κ2) is 8.89. The first-order valence-corrected chi connectivity index (χ1v) is 6.85. The zero-order valence-corrected chi connectivity index (χ0v) is 13.3. The van der Waals surface area contributed by atoms with Gasteiger partial charge >= 0.3 is 5.97 Å². The molecule has 0 radical (unpaired) electrons. The molecule has 0 aliphatic rings. The Bertz CT molecular complexity index is 530. The molecular formula is C17H22O5. The Morgan fingerprint density at radius 2 is 1.82 bits per heavy atom. The molecule has 22 heavy (non-hydrogen) atoms. The molecule has 0 aliphatic carbocycles. The standard InChI is InChI=1S/C17H22O5/c1-12(15(11-18)17(19)22-4)16(21-3)10-7-13-5-8-14(20-2)9-6-13/h5-12,16,18H,1-4H3/b10-7+,15-11+/t12-,16-/m1/s1. The molecule has 0 heterocycles. The summed E-state index contributed by atoms with van der Waals surface area (Å²) in [5, 5.41) is 9.23. The predicted molar refractivity (Wildman–Crippen MR) is 84.7 cm³/mol. The van der Waals surface area contributed by atoms with Crippen LogP contribution in [0.5, 0.6) is 5.75 Å². The second-order valence-corrected chi connectivity index (χ2v) is 4.70. The topological polar surface area (TPSA) is 65.0 Å². The Morgan fingerprint density at radius 1 is 1.18 bits per heavy atom. The second-order valence-electron chi connectivity index (χ2n) is 4.70. The van der Waals surface area contributed by atoms with Crippen molar-refractivity contribution in [2.24, 2.45) is 5.92 Å². The Balaban J connectivity index is 2.86. The van der Waals surface area contributed by atoms with Gasteiger partial charge in [0.2, 0.25) is 0 Å². The molecule has 0 saturated heterocycles. The molecule has 0 unspecified atom stereocenters. The summed E-state index contributed by atoms with van der Waals surface area (Å²) in [7, 11) is 4.43. The SMILES string of the molecule is COC(=O)/C(=C/O)[C@@H](C)[C@@H](/C=C/c1ccc(OC)cc1)OC. The van der Waals surface area contributed by atoms with E-state index in [4.69, 9.17) is 9.47 Å². The number of ether oxygens (including phenoxy) is 3. The minimum Gasteiger partial charge on any atom is -0.515 e. The Kier molecular flexibility index (Phi) is 7.19. The first kappa shape index (κ1) is 17.8. The molecule has 1 aromatic rings. The van der Waals surface area contributed by atoms with Crippen LogP contribution in [0.1, 0.15) is 12.5 Å². The summed E-state index contributed by atoms with van der Waals surface area (Å²) in [5.74, 6) is -0.142. The molecule has 5 heteroatoms. The zero-order valence-electron chi connectivity index (χ0n) is 13.3. The van der Waals surface area contributed by atoms with Crippen molar-refractivity contribution < 1.29 is 24.1 Å². The average Bonchev–Trinajstić information content (AvgIpc) is 2.56. The molecule has 5 nitrogen and oxygen atoms in total. The van der Waals surface area contributed by atoms with E-state index in [0.717, 1.165) is 17.6 Å². The van der Waals surface area contributed by atoms with Crippen LogP contribution in [-0.2, 0) is 14.3 Å². The van der Waals surface area contributed by atoms with Gasteiger partial charge in [0, 0.05) is 13.0 Å². The Morgan fingerprint density at radius 3 is 2.27 bits per heavy atom. The smallest absolute Gasteiger partial charge is 0.337 e. The highest BCUT2D eigenvalue weighted by Gasteiger charge is 2.24. The molecule has 0 amide bonds. The van der Waals surface area contributed by atoms with E-state index in [2.05, 4.69) is 4.74 Å². The molecule has 1 N–H and O–H groups in total. The van der Waals surface area contributed by atoms with E-state index in [0.29, 0.717) is 0 Å². The van der Waals surface area contributed by atoms with Crippen molar-refractivity contribution in [1.29, 1.82) is 0 Å². The molecule has 0 fully saturated rings. The zero-order chi connectivity index (χ0) is 16.5. The van der Waals surface area contributed by atoms with Gasteiger partial charge in [0.05, 0.1) is 32.2 Å². The number of carbonyl (C=O) groups is 1. The molecule has 0 spiro atoms. The van der Waals surface area contributed by atoms with Crippen LogP contribution >= 0.6 is 0 Å². The van der Waals surface area contributed by atoms with E-state index in [1.54, 1.807) is 21.1 Å². The van der Waals surface area contributed by atoms with Crippen LogP contribution in [0, 0.1) is 5.92 Å². The summed E-state index contributed by atoms with van der Waals surface area (Å²) < 4.78 is 15.1. The van der Waals surface area contributed by atoms with E-state index < -0.39 is 5.97 Å². The summed E-state index contributed by atoms with van der Waals surface area (Å²) in [6.07, 6.45) is 4.11. The molecular weight excluding hydrogens is 284 g/mol. The fourth-order valence-electron chi connectivity index (χ4n) is 2.02. The van der Waals surface area contributed by atoms with Crippen molar-refractivity contribution >= 4 is 12.0 Å². The molecule has 0 aliphatic heterocycles. The Labute approximate surface area is 130 Å². The van der Waals surface area contributed by atoms with Crippen LogP contribution in [0.15, 0.2) is 42.2 Å². The lowest BCUT2D eigenvalue weighted by molar-refractivity contribution is -0.137. The number of carbonyl (C=O) groups excluding carboxylic acids is 1. The van der Waals surface area contributed by atoms with Gasteiger partial charge in [-0.25, -0.2) is 4.79 Å². The average molecular weight is 306 g/mol. The van der Waals surface area contributed by atoms with E-state index >= 15 is 0 Å². The van der Waals surface area contributed by atoms with Crippen LogP contribution in [0.4, 0.5) is 0 Å². The van der Waals surface area contributed by atoms with Crippen molar-refractivity contribution in [3.8, 4) is 5.75 Å². The monoisotopic (exact) mass is 306 g/mol. The largest absolute Gasteiger partial charge is 0.515 e. The summed E-state index contributed by atoms with van der Waals surface area (Å²) >= 11 is 0. The highest BCUT2D eigenvalue weighted by molar-refractivity contribution is 5.88. The first-order chi connectivity index (χ1) is 10.6. The molecule has 1 aromatic carbocycles. The summed E-state index contributed by atoms with van der Waals surface area (Å²) in [6.45, 7) is 1.78. The maximum atomic E-state index is 11.6. The fraction of sp³-hybridized carbons (Fsp3) is 0.353. The minimum atomic E-state index is -0.574. The molecule has 0 bridgehead atoms. The van der Waals surface area contributed by atoms with Gasteiger partial charge in [-0.05, 0) is 17.7 Å². The number of hydrogen-bond acceptors (Lipinski definition) is 5. The minimum absolute atomic E-state index is 0.161. The predicted octanol–water partition coefficient (Wildman–Crippen LogP) is 2.97. The van der Waals surface area contributed by atoms with Gasteiger partial charge in [-0.1, -0.05) is 31.2 Å². The maximum absolute atomic E-state index is 11.6. The van der Waals surface area contributed by atoms with Gasteiger partial charge in [0.25, 0.3) is 0 Å². The summed E-state index contributed by atoms with van der Waals surface area (Å²) in [6, 6.07) is 7.54. The van der Waals surface area contributed by atoms with Crippen molar-refractivity contribution in [2.45, 2.75) is 13.0 Å². The number of hydrogen-bond donors (Lipinski definition) is 1. The normalized spacial score (nSPS) is 14.6. The highest BCUT2D eigenvalue weighted by Crippen LogP contribution is 2.21. The van der Waals surface area contributed by atoms with Crippen molar-refractivity contribution in [1.82, 2.24) is 0 Å². The van der Waals surface area contributed by atoms with E-state index in [-0.39, 0.29) is 17.6 Å². The third-order valence-corrected chi connectivity index (χ3v) is 3.41. The molecule has 0 saturated carbocycles. The van der Waals surface area contributed by atoms with Crippen LogP contribution in [0.25, 0.3) is 6.08 Å². The highest BCUT2D eigenvalue weighted by atomic mass is 16.5. The number of aliphatic hydroxyl groups excluding tert-OH is 1. The number of rotatable bonds is 7. The molecule has 0 aromatic heterocycles. The Hall–Kier alpha value is -2.27. The van der Waals surface area contributed by atoms with Crippen molar-refractivity contribution in [2.75, 3.05) is 21.3 Å². The van der Waals surface area contributed by atoms with Crippen LogP contribution < -0.4 is 4.74 Å². The number of esters is 1. The number of methoxy groups -OCH3 is 3. The van der Waals surface area contributed by atoms with E-state index in [1.165, 1.54) is 7.11 Å². The maximum Gasteiger partial charge on any atom is 0.337 e. The number of aliphatic hydroxyl groups is 1. The molecule has 120 valence electrons. The quantitative estimate of drug-likeness (QED) is 0.476. The van der Waals surface area contributed by atoms with Crippen LogP contribution in [0.3, 0.4) is 0 Å². The lowest BCUT2D eigenvalue weighted by Crippen LogP contribution is -2.24. The van der Waals surface area contributed by atoms with E-state index in [1.807, 2.05) is 36.4 Å². The summed E-state index contributed by atoms with van der Waals surface area (Å²) in [5.41, 5.74) is 1.14. The van der Waals surface area contributed by atoms with Crippen molar-refractivity contribution in [3.63, 3.8) is 0 Å². The van der Waals surface area contributed by atoms with Gasteiger partial charge in [-0.3, -0.25) is 0 Å². The third kappa shape index (κ3) is 4.63. The van der Waals surface area contributed by atoms with Crippen LogP contribution in [-0.4, -0.2) is 38.5 Å². The van der Waals surface area contributed by atoms with E-state index in [9.17, 15) is 9.90 Å². The van der Waals surface area contributed by atoms with Crippen LogP contribution in [0.2, 0.25) is 0 Å². The third-order valence-electron chi connectivity index (χ3n) is 3.41. The lowest BCUT2D eigenvalue weighted by Gasteiger charge is -2.20. The number of benzene rings is 1. The van der Waals surface area contributed by atoms with Gasteiger partial charge in [0.15, 0.2) is 0 Å². The van der Waals surface area contributed by atoms with Crippen molar-refractivity contribution in [3.05, 3.63) is 47.7 Å². The van der Waals surface area contributed by atoms with Gasteiger partial charge < -0.3 is 19.3 Å². The lowest BCUT2D eigenvalue weighted by atomic mass is 9.95. The van der Waals surface area contributed by atoms with Gasteiger partial charge in [0.1, 0.15) is 5.75 Å². The van der Waals surface area contributed by atoms with Gasteiger partial charge in [-0.15, -0.1) is 0 Å². The first-order valence-electron chi connectivity index (χ1n) is 6.85. The molecule has 1 rings (SSSR count). The van der Waals surface area contributed by atoms with Gasteiger partial charge in [-0.2, -0.15) is 0 Å².